The summed E-state index contributed by atoms with van der Waals surface area (Å²) in [5.41, 5.74) is 3.03. The van der Waals surface area contributed by atoms with Crippen molar-refractivity contribution in [2.75, 3.05) is 0 Å². The van der Waals surface area contributed by atoms with Gasteiger partial charge in [0.2, 0.25) is 0 Å². The number of rotatable bonds is 0. The summed E-state index contributed by atoms with van der Waals surface area (Å²) in [7, 11) is 0. The minimum atomic E-state index is 0.674. The fraction of sp³-hybridized carbons (Fsp3) is 0. The molecule has 142 valence electrons. The van der Waals surface area contributed by atoms with Crippen LogP contribution in [0.15, 0.2) is 113 Å². The van der Waals surface area contributed by atoms with E-state index in [2.05, 4.69) is 20.1 Å². The highest BCUT2D eigenvalue weighted by molar-refractivity contribution is 5.94. The van der Waals surface area contributed by atoms with E-state index in [4.69, 9.17) is 8.94 Å². The molecule has 0 atom stereocenters. The molecule has 0 unspecified atom stereocenters. The first-order valence-electron chi connectivity index (χ1n) is 9.02. The highest BCUT2D eigenvalue weighted by Gasteiger charge is 1.99. The maximum absolute atomic E-state index is 5.71. The predicted molar refractivity (Wildman–Crippen MR) is 113 cm³/mol. The molecule has 0 spiro atoms. The number of benzene rings is 2. The quantitative estimate of drug-likeness (QED) is 0.417. The molecule has 0 radical (unpaired) electrons. The zero-order valence-electron chi connectivity index (χ0n) is 15.5. The van der Waals surface area contributed by atoms with Crippen molar-refractivity contribution in [3.05, 3.63) is 104 Å². The lowest BCUT2D eigenvalue weighted by molar-refractivity contribution is 0.405. The molecule has 0 aliphatic rings. The number of nitrogens with zero attached hydrogens (tertiary/aromatic N) is 3. The van der Waals surface area contributed by atoms with Crippen molar-refractivity contribution >= 4 is 33.0 Å². The van der Waals surface area contributed by atoms with E-state index in [1.54, 1.807) is 18.5 Å². The second-order valence-corrected chi connectivity index (χ2v) is 6.00. The van der Waals surface area contributed by atoms with Crippen molar-refractivity contribution in [2.24, 2.45) is 0 Å². The van der Waals surface area contributed by atoms with Gasteiger partial charge in [0.25, 0.3) is 0 Å². The summed E-state index contributed by atoms with van der Waals surface area (Å²) in [6.07, 6.45) is 6.30. The van der Waals surface area contributed by atoms with Gasteiger partial charge in [-0.3, -0.25) is 0 Å². The summed E-state index contributed by atoms with van der Waals surface area (Å²) in [5, 5.41) is 5.71. The maximum Gasteiger partial charge on any atom is 0.141 e. The molecule has 0 aliphatic carbocycles. The van der Waals surface area contributed by atoms with E-state index < -0.39 is 0 Å². The lowest BCUT2D eigenvalue weighted by atomic mass is 10.2. The third kappa shape index (κ3) is 4.75. The summed E-state index contributed by atoms with van der Waals surface area (Å²) < 4.78 is 10.9. The molecule has 2 bridgehead atoms. The molecule has 4 rings (SSSR count). The van der Waals surface area contributed by atoms with E-state index in [9.17, 15) is 0 Å². The summed E-state index contributed by atoms with van der Waals surface area (Å²) in [6.45, 7) is 0. The van der Waals surface area contributed by atoms with Crippen molar-refractivity contribution in [1.82, 2.24) is 20.1 Å². The van der Waals surface area contributed by atoms with Crippen LogP contribution in [0.3, 0.4) is 0 Å². The first-order valence-corrected chi connectivity index (χ1v) is 9.02. The van der Waals surface area contributed by atoms with Crippen LogP contribution >= 0.6 is 0 Å². The number of H-pyrrole nitrogens is 1. The molecule has 2 heterocycles. The van der Waals surface area contributed by atoms with Gasteiger partial charge in [0.15, 0.2) is 0 Å². The Morgan fingerprint density at radius 1 is 0.759 bits per heavy atom. The fourth-order valence-corrected chi connectivity index (χ4v) is 2.68. The van der Waals surface area contributed by atoms with Crippen LogP contribution in [-0.4, -0.2) is 20.1 Å². The van der Waals surface area contributed by atoms with Gasteiger partial charge in [-0.25, -0.2) is 9.97 Å². The first-order chi connectivity index (χ1) is 14.4. The molecule has 0 saturated heterocycles. The van der Waals surface area contributed by atoms with Crippen LogP contribution < -0.4 is 0 Å². The van der Waals surface area contributed by atoms with Crippen LogP contribution in [0.25, 0.3) is 33.0 Å². The largest absolute Gasteiger partial charge is 0.465 e. The Kier molecular flexibility index (Phi) is 5.73. The molecule has 2 aromatic carbocycles. The maximum atomic E-state index is 5.71. The second kappa shape index (κ2) is 9.14. The zero-order valence-corrected chi connectivity index (χ0v) is 15.5. The van der Waals surface area contributed by atoms with Crippen LogP contribution in [0.1, 0.15) is 0 Å². The molecule has 6 nitrogen and oxygen atoms in total. The Morgan fingerprint density at radius 3 is 2.52 bits per heavy atom. The highest BCUT2D eigenvalue weighted by atomic mass is 16.4. The van der Waals surface area contributed by atoms with Gasteiger partial charge in [0, 0.05) is 16.3 Å². The normalized spacial score (nSPS) is 10.1. The fourth-order valence-electron chi connectivity index (χ4n) is 2.68. The van der Waals surface area contributed by atoms with Crippen molar-refractivity contribution in [3.63, 3.8) is 0 Å². The monoisotopic (exact) mass is 382 g/mol. The number of aromatic nitrogens is 4. The van der Waals surface area contributed by atoms with Gasteiger partial charge in [-0.15, -0.1) is 0 Å². The average molecular weight is 382 g/mol. The molecule has 0 amide bonds. The Labute approximate surface area is 166 Å². The van der Waals surface area contributed by atoms with Crippen molar-refractivity contribution < 1.29 is 8.94 Å². The summed E-state index contributed by atoms with van der Waals surface area (Å²) in [4.78, 5) is 12.1. The van der Waals surface area contributed by atoms with E-state index in [1.165, 1.54) is 12.6 Å². The van der Waals surface area contributed by atoms with Crippen LogP contribution in [-0.2, 0) is 0 Å². The highest BCUT2D eigenvalue weighted by Crippen LogP contribution is 2.17. The number of nitrogens with one attached hydrogen (secondary N) is 1. The summed E-state index contributed by atoms with van der Waals surface area (Å²) in [5.74, 6) is 0. The topological polar surface area (TPSA) is 80.7 Å². The second-order valence-electron chi connectivity index (χ2n) is 6.00. The van der Waals surface area contributed by atoms with Gasteiger partial charge in [-0.1, -0.05) is 47.6 Å². The number of aromatic amines is 1. The first kappa shape index (κ1) is 18.2. The molecule has 0 saturated carbocycles. The number of fused-ring (bicyclic) bond motifs is 2. The molecular weight excluding hydrogens is 364 g/mol. The third-order valence-corrected chi connectivity index (χ3v) is 4.05. The van der Waals surface area contributed by atoms with E-state index in [1.807, 2.05) is 72.8 Å². The smallest absolute Gasteiger partial charge is 0.141 e. The Balaban J connectivity index is 2.06. The van der Waals surface area contributed by atoms with Crippen molar-refractivity contribution in [1.29, 1.82) is 0 Å². The van der Waals surface area contributed by atoms with Crippen LogP contribution in [0.2, 0.25) is 0 Å². The number of hydrogen-bond acceptors (Lipinski definition) is 5. The van der Waals surface area contributed by atoms with Gasteiger partial charge in [0.1, 0.15) is 23.8 Å². The van der Waals surface area contributed by atoms with Gasteiger partial charge >= 0.3 is 0 Å². The van der Waals surface area contributed by atoms with E-state index >= 15 is 0 Å². The van der Waals surface area contributed by atoms with Gasteiger partial charge < -0.3 is 13.9 Å². The van der Waals surface area contributed by atoms with E-state index in [0.717, 1.165) is 21.8 Å². The molecule has 1 N–H and O–H groups in total. The van der Waals surface area contributed by atoms with Crippen LogP contribution in [0.5, 0.6) is 0 Å². The predicted octanol–water partition coefficient (Wildman–Crippen LogP) is 5.78. The molecule has 29 heavy (non-hydrogen) atoms. The Bertz CT molecular complexity index is 1330. The van der Waals surface area contributed by atoms with E-state index in [0.29, 0.717) is 11.2 Å². The standard InChI is InChI=1S/C23H18N4O2/c1-2-4-8-14-29-26-16-18-9-5-6-10-21(18)27-23-20-15-19(28-13-7-3-1)11-12-22(20)24-17-25-23/h1-17H,(H,24,25,27). The average Bonchev–Trinajstić information content (AvgIpc) is 2.75. The minimum Gasteiger partial charge on any atom is -0.465 e. The number of hydrogen-bond donors (Lipinski definition) is 1. The van der Waals surface area contributed by atoms with Crippen molar-refractivity contribution in [3.8, 4) is 0 Å². The zero-order chi connectivity index (χ0) is 19.7. The van der Waals surface area contributed by atoms with Crippen molar-refractivity contribution in [2.45, 2.75) is 0 Å². The lowest BCUT2D eigenvalue weighted by Gasteiger charge is -1.99. The number of para-hydroxylation sites is 1. The molecule has 4 aromatic rings. The summed E-state index contributed by atoms with van der Waals surface area (Å²) >= 11 is 0. The molecule has 0 fully saturated rings. The van der Waals surface area contributed by atoms with Gasteiger partial charge in [-0.05, 0) is 36.4 Å². The molecule has 0 aliphatic heterocycles. The van der Waals surface area contributed by atoms with E-state index in [-0.39, 0.29) is 0 Å². The molecular formula is C23H18N4O2. The Morgan fingerprint density at radius 2 is 1.59 bits per heavy atom. The summed E-state index contributed by atoms with van der Waals surface area (Å²) in [6, 6.07) is 24.5. The third-order valence-electron chi connectivity index (χ3n) is 4.05. The SMILES string of the molecule is c1ccccoc2ccc3ncnc([nH]c4ccccc4cnoccc1)c3c2. The lowest BCUT2D eigenvalue weighted by Crippen LogP contribution is -1.86. The molecule has 6 heteroatoms. The van der Waals surface area contributed by atoms with Crippen LogP contribution in [0, 0.1) is 0 Å². The Hall–Kier alpha value is -4.19. The van der Waals surface area contributed by atoms with Gasteiger partial charge in [-0.2, -0.15) is 0 Å². The van der Waals surface area contributed by atoms with Crippen LogP contribution in [0.4, 0.5) is 0 Å². The molecule has 2 aromatic heterocycles. The minimum absolute atomic E-state index is 0.674. The van der Waals surface area contributed by atoms with Gasteiger partial charge in [0.05, 0.1) is 18.0 Å².